The van der Waals surface area contributed by atoms with Gasteiger partial charge in [0.2, 0.25) is 21.7 Å². The van der Waals surface area contributed by atoms with E-state index in [4.69, 9.17) is 18.7 Å². The van der Waals surface area contributed by atoms with E-state index in [1.54, 1.807) is 0 Å². The van der Waals surface area contributed by atoms with Crippen LogP contribution in [0, 0.1) is 13.8 Å². The Morgan fingerprint density at radius 1 is 1.11 bits per heavy atom. The summed E-state index contributed by atoms with van der Waals surface area (Å²) in [4.78, 5) is 12.1. The van der Waals surface area contributed by atoms with Crippen molar-refractivity contribution in [3.63, 3.8) is 0 Å². The minimum atomic E-state index is -3.94. The fourth-order valence-corrected chi connectivity index (χ4v) is 3.76. The smallest absolute Gasteiger partial charge is 0.246 e. The number of methoxy groups -OCH3 is 3. The number of ether oxygens (including phenoxy) is 3. The molecule has 0 radical (unpaired) electrons. The van der Waals surface area contributed by atoms with Crippen LogP contribution in [0.5, 0.6) is 17.2 Å². The zero-order valence-corrected chi connectivity index (χ0v) is 16.4. The van der Waals surface area contributed by atoms with Crippen molar-refractivity contribution in [1.82, 2.24) is 9.88 Å². The van der Waals surface area contributed by atoms with Gasteiger partial charge in [0, 0.05) is 17.8 Å². The summed E-state index contributed by atoms with van der Waals surface area (Å²) < 4.78 is 47.3. The van der Waals surface area contributed by atoms with Crippen LogP contribution in [0.3, 0.4) is 0 Å². The summed E-state index contributed by atoms with van der Waals surface area (Å²) in [7, 11) is 0.412. The van der Waals surface area contributed by atoms with E-state index in [1.807, 2.05) is 0 Å². The van der Waals surface area contributed by atoms with Gasteiger partial charge in [0.25, 0.3) is 0 Å². The van der Waals surface area contributed by atoms with Crippen molar-refractivity contribution in [2.75, 3.05) is 33.2 Å². The Kier molecular flexibility index (Phi) is 6.28. The molecule has 0 aliphatic heterocycles. The minimum absolute atomic E-state index is 0.0805. The molecule has 2 aromatic rings. The predicted molar refractivity (Wildman–Crippen MR) is 95.9 cm³/mol. The highest BCUT2D eigenvalue weighted by Gasteiger charge is 2.24. The summed E-state index contributed by atoms with van der Waals surface area (Å²) in [6.45, 7) is 2.49. The van der Waals surface area contributed by atoms with Gasteiger partial charge >= 0.3 is 0 Å². The number of nitrogens with zero attached hydrogens (tertiary/aromatic N) is 1. The quantitative estimate of drug-likeness (QED) is 0.678. The van der Waals surface area contributed by atoms with Crippen molar-refractivity contribution in [3.05, 3.63) is 23.6 Å². The average Bonchev–Trinajstić information content (AvgIpc) is 2.98. The van der Waals surface area contributed by atoms with Gasteiger partial charge in [0.05, 0.1) is 27.9 Å². The van der Waals surface area contributed by atoms with Crippen molar-refractivity contribution in [2.45, 2.75) is 18.7 Å². The first-order valence-electron chi connectivity index (χ1n) is 7.75. The fourth-order valence-electron chi connectivity index (χ4n) is 2.45. The molecule has 1 aromatic carbocycles. The SMILES string of the molecule is COc1cc(NC(=O)CNS(=O)(=O)c2c(C)noc2C)cc(OC)c1OC. The summed E-state index contributed by atoms with van der Waals surface area (Å²) in [6, 6.07) is 3.06. The molecule has 0 saturated carbocycles. The number of carbonyl (C=O) groups is 1. The number of nitrogens with one attached hydrogen (secondary N) is 2. The molecular formula is C16H21N3O7S. The molecule has 0 saturated heterocycles. The third-order valence-corrected chi connectivity index (χ3v) is 5.25. The van der Waals surface area contributed by atoms with Gasteiger partial charge in [-0.2, -0.15) is 0 Å². The molecule has 0 unspecified atom stereocenters. The van der Waals surface area contributed by atoms with Crippen molar-refractivity contribution >= 4 is 21.6 Å². The molecule has 11 heteroatoms. The number of anilines is 1. The predicted octanol–water partition coefficient (Wildman–Crippen LogP) is 1.23. The topological polar surface area (TPSA) is 129 Å². The molecule has 0 bridgehead atoms. The molecule has 27 heavy (non-hydrogen) atoms. The maximum absolute atomic E-state index is 12.3. The lowest BCUT2D eigenvalue weighted by molar-refractivity contribution is -0.115. The molecule has 0 aliphatic carbocycles. The van der Waals surface area contributed by atoms with Gasteiger partial charge in [-0.25, -0.2) is 13.1 Å². The molecule has 10 nitrogen and oxygen atoms in total. The Morgan fingerprint density at radius 3 is 2.15 bits per heavy atom. The van der Waals surface area contributed by atoms with Crippen LogP contribution in [0.4, 0.5) is 5.69 Å². The summed E-state index contributed by atoms with van der Waals surface area (Å²) >= 11 is 0. The lowest BCUT2D eigenvalue weighted by atomic mass is 10.2. The summed E-state index contributed by atoms with van der Waals surface area (Å²) in [5.74, 6) is 0.633. The lowest BCUT2D eigenvalue weighted by Gasteiger charge is -2.14. The van der Waals surface area contributed by atoms with Gasteiger partial charge in [-0.15, -0.1) is 0 Å². The van der Waals surface area contributed by atoms with Crippen molar-refractivity contribution in [3.8, 4) is 17.2 Å². The second-order valence-electron chi connectivity index (χ2n) is 5.44. The molecule has 0 atom stereocenters. The molecule has 148 valence electrons. The number of benzene rings is 1. The summed E-state index contributed by atoms with van der Waals surface area (Å²) in [6.07, 6.45) is 0. The Hall–Kier alpha value is -2.79. The number of carbonyl (C=O) groups excluding carboxylic acids is 1. The van der Waals surface area contributed by atoms with Crippen LogP contribution in [0.2, 0.25) is 0 Å². The largest absolute Gasteiger partial charge is 0.493 e. The number of amides is 1. The highest BCUT2D eigenvalue weighted by Crippen LogP contribution is 2.39. The third-order valence-electron chi connectivity index (χ3n) is 3.61. The highest BCUT2D eigenvalue weighted by atomic mass is 32.2. The maximum atomic E-state index is 12.3. The van der Waals surface area contributed by atoms with Crippen LogP contribution in [0.25, 0.3) is 0 Å². The van der Waals surface area contributed by atoms with E-state index in [9.17, 15) is 13.2 Å². The van der Waals surface area contributed by atoms with Crippen molar-refractivity contribution in [1.29, 1.82) is 0 Å². The third kappa shape index (κ3) is 4.49. The normalized spacial score (nSPS) is 11.1. The molecule has 0 fully saturated rings. The van der Waals surface area contributed by atoms with Crippen LogP contribution in [0.15, 0.2) is 21.6 Å². The van der Waals surface area contributed by atoms with Crippen molar-refractivity contribution < 1.29 is 31.9 Å². The van der Waals surface area contributed by atoms with E-state index in [-0.39, 0.29) is 16.3 Å². The zero-order chi connectivity index (χ0) is 20.2. The van der Waals surface area contributed by atoms with Crippen LogP contribution in [-0.2, 0) is 14.8 Å². The summed E-state index contributed by atoms with van der Waals surface area (Å²) in [5, 5.41) is 6.17. The van der Waals surface area contributed by atoms with Gasteiger partial charge in [0.15, 0.2) is 17.3 Å². The average molecular weight is 399 g/mol. The standard InChI is InChI=1S/C16H21N3O7S/c1-9-16(10(2)26-19-9)27(21,22)17-8-14(20)18-11-6-12(23-3)15(25-5)13(7-11)24-4/h6-7,17H,8H2,1-5H3,(H,18,20). The molecule has 2 rings (SSSR count). The number of rotatable bonds is 8. The van der Waals surface area contributed by atoms with Gasteiger partial charge in [-0.3, -0.25) is 4.79 Å². The highest BCUT2D eigenvalue weighted by molar-refractivity contribution is 7.89. The monoisotopic (exact) mass is 399 g/mol. The van der Waals surface area contributed by atoms with Gasteiger partial charge < -0.3 is 24.1 Å². The number of hydrogen-bond acceptors (Lipinski definition) is 8. The van der Waals surface area contributed by atoms with Crippen molar-refractivity contribution in [2.24, 2.45) is 0 Å². The number of aryl methyl sites for hydroxylation is 2. The van der Waals surface area contributed by atoms with E-state index in [1.165, 1.54) is 47.3 Å². The van der Waals surface area contributed by atoms with Gasteiger partial charge in [0.1, 0.15) is 10.6 Å². The first kappa shape index (κ1) is 20.5. The maximum Gasteiger partial charge on any atom is 0.246 e. The van der Waals surface area contributed by atoms with E-state index in [2.05, 4.69) is 15.2 Å². The molecule has 2 N–H and O–H groups in total. The first-order valence-corrected chi connectivity index (χ1v) is 9.24. The van der Waals surface area contributed by atoms with E-state index >= 15 is 0 Å². The molecule has 0 spiro atoms. The van der Waals surface area contributed by atoms with Crippen LogP contribution in [-0.4, -0.2) is 47.4 Å². The first-order chi connectivity index (χ1) is 12.7. The summed E-state index contributed by atoms with van der Waals surface area (Å²) in [5.41, 5.74) is 0.566. The Bertz CT molecular complexity index is 893. The fraction of sp³-hybridized carbons (Fsp3) is 0.375. The van der Waals surface area contributed by atoms with E-state index in [0.29, 0.717) is 22.9 Å². The number of hydrogen-bond donors (Lipinski definition) is 2. The lowest BCUT2D eigenvalue weighted by Crippen LogP contribution is -2.33. The Balaban J connectivity index is 2.12. The zero-order valence-electron chi connectivity index (χ0n) is 15.6. The Labute approximate surface area is 156 Å². The van der Waals surface area contributed by atoms with Crippen LogP contribution in [0.1, 0.15) is 11.5 Å². The second-order valence-corrected chi connectivity index (χ2v) is 7.14. The minimum Gasteiger partial charge on any atom is -0.493 e. The number of sulfonamides is 1. The van der Waals surface area contributed by atoms with Gasteiger partial charge in [-0.05, 0) is 13.8 Å². The second kappa shape index (κ2) is 8.27. The number of aromatic nitrogens is 1. The molecule has 0 aliphatic rings. The molecule has 1 amide bonds. The van der Waals surface area contributed by atoms with Crippen LogP contribution >= 0.6 is 0 Å². The molecular weight excluding hydrogens is 378 g/mol. The van der Waals surface area contributed by atoms with E-state index in [0.717, 1.165) is 0 Å². The van der Waals surface area contributed by atoms with Crippen LogP contribution < -0.4 is 24.2 Å². The van der Waals surface area contributed by atoms with E-state index < -0.39 is 22.5 Å². The van der Waals surface area contributed by atoms with Gasteiger partial charge in [-0.1, -0.05) is 5.16 Å². The molecule has 1 heterocycles. The Morgan fingerprint density at radius 2 is 1.70 bits per heavy atom. The molecule has 1 aromatic heterocycles.